The molecule has 0 aliphatic rings. The molecule has 18 nitrogen and oxygen atoms in total. The van der Waals surface area contributed by atoms with Crippen molar-refractivity contribution < 1.29 is 43.5 Å². The van der Waals surface area contributed by atoms with E-state index in [0.717, 1.165) is 11.1 Å². The van der Waals surface area contributed by atoms with Crippen molar-refractivity contribution in [2.24, 2.45) is 11.7 Å². The number of carbonyl (C=O) groups is 8. The number of benzene rings is 2. The average Bonchev–Trinajstić information content (AvgIpc) is 3.21. The van der Waals surface area contributed by atoms with Crippen molar-refractivity contribution in [2.45, 2.75) is 90.1 Å². The van der Waals surface area contributed by atoms with E-state index in [1.165, 1.54) is 20.8 Å². The summed E-state index contributed by atoms with van der Waals surface area (Å²) in [5.41, 5.74) is 8.63. The van der Waals surface area contributed by atoms with Crippen LogP contribution in [-0.4, -0.2) is 107 Å². The second-order valence-corrected chi connectivity index (χ2v) is 14.8. The first-order valence-corrected chi connectivity index (χ1v) is 19.5. The lowest BCUT2D eigenvalue weighted by Gasteiger charge is -2.23. The highest BCUT2D eigenvalue weighted by Gasteiger charge is 2.29. The van der Waals surface area contributed by atoms with E-state index in [0.29, 0.717) is 11.1 Å². The van der Waals surface area contributed by atoms with E-state index >= 15 is 0 Å². The molecule has 1 heterocycles. The predicted octanol–water partition coefficient (Wildman–Crippen LogP) is -0.292. The molecule has 3 aromatic rings. The van der Waals surface area contributed by atoms with Crippen molar-refractivity contribution in [3.63, 3.8) is 0 Å². The van der Waals surface area contributed by atoms with Gasteiger partial charge in [-0.15, -0.1) is 0 Å². The fourth-order valence-electron chi connectivity index (χ4n) is 5.72. The van der Waals surface area contributed by atoms with Crippen LogP contribution in [0.4, 0.5) is 0 Å². The Morgan fingerprint density at radius 1 is 0.567 bits per heavy atom. The summed E-state index contributed by atoms with van der Waals surface area (Å²) in [5, 5.41) is 27.1. The lowest BCUT2D eigenvalue weighted by Crippen LogP contribution is -2.57. The zero-order valence-electron chi connectivity index (χ0n) is 34.3. The molecule has 0 fully saturated rings. The minimum absolute atomic E-state index is 0.0127. The minimum atomic E-state index is -1.23. The van der Waals surface area contributed by atoms with E-state index in [9.17, 15) is 43.5 Å². The summed E-state index contributed by atoms with van der Waals surface area (Å²) in [6.45, 7) is 6.73. The topological polar surface area (TPSA) is 280 Å². The summed E-state index contributed by atoms with van der Waals surface area (Å²) in [4.78, 5) is 106. The molecule has 0 unspecified atom stereocenters. The third kappa shape index (κ3) is 16.3. The number of rotatable bonds is 22. The van der Waals surface area contributed by atoms with Crippen molar-refractivity contribution in [3.05, 3.63) is 90.3 Å². The number of amides is 7. The molecular formula is C42H55N9O9. The summed E-state index contributed by atoms with van der Waals surface area (Å²) in [6, 6.07) is 13.1. The van der Waals surface area contributed by atoms with Gasteiger partial charge in [0.1, 0.15) is 30.2 Å². The van der Waals surface area contributed by atoms with E-state index in [4.69, 9.17) is 5.73 Å². The lowest BCUT2D eigenvalue weighted by molar-refractivity contribution is -0.142. The molecule has 0 aliphatic carbocycles. The molecule has 10 N–H and O–H groups in total. The molecular weight excluding hydrogens is 775 g/mol. The van der Waals surface area contributed by atoms with Gasteiger partial charge >= 0.3 is 5.97 Å². The smallest absolute Gasteiger partial charge is 0.326 e. The average molecular weight is 830 g/mol. The summed E-state index contributed by atoms with van der Waals surface area (Å²) >= 11 is 0. The number of hydrogen-bond acceptors (Lipinski definition) is 10. The van der Waals surface area contributed by atoms with Gasteiger partial charge < -0.3 is 48.1 Å². The first-order chi connectivity index (χ1) is 28.4. The van der Waals surface area contributed by atoms with Crippen LogP contribution in [0.25, 0.3) is 11.1 Å². The fraction of sp³-hybridized carbons (Fsp3) is 0.405. The Balaban J connectivity index is 1.66. The van der Waals surface area contributed by atoms with Crippen LogP contribution in [0.2, 0.25) is 0 Å². The van der Waals surface area contributed by atoms with Crippen molar-refractivity contribution >= 4 is 47.3 Å². The Morgan fingerprint density at radius 3 is 1.68 bits per heavy atom. The second kappa shape index (κ2) is 23.6. The molecule has 60 heavy (non-hydrogen) atoms. The molecule has 1 aromatic heterocycles. The lowest BCUT2D eigenvalue weighted by atomic mass is 10.0. The van der Waals surface area contributed by atoms with Gasteiger partial charge in [0.2, 0.25) is 41.4 Å². The third-order valence-corrected chi connectivity index (χ3v) is 9.06. The molecule has 0 radical (unpaired) electrons. The molecule has 322 valence electrons. The zero-order chi connectivity index (χ0) is 44.4. The van der Waals surface area contributed by atoms with Crippen LogP contribution in [0.3, 0.4) is 0 Å². The number of aromatic nitrogens is 1. The fourth-order valence-corrected chi connectivity index (χ4v) is 5.72. The summed E-state index contributed by atoms with van der Waals surface area (Å²) in [6.07, 6.45) is 3.55. The van der Waals surface area contributed by atoms with Crippen LogP contribution in [0.15, 0.2) is 79.1 Å². The Hall–Kier alpha value is -6.69. The third-order valence-electron chi connectivity index (χ3n) is 9.06. The number of nitrogens with one attached hydrogen (secondary N) is 7. The Morgan fingerprint density at radius 2 is 1.12 bits per heavy atom. The van der Waals surface area contributed by atoms with Crippen LogP contribution in [0.5, 0.6) is 0 Å². The van der Waals surface area contributed by atoms with E-state index < -0.39 is 96.7 Å². The van der Waals surface area contributed by atoms with Crippen LogP contribution in [0.1, 0.15) is 52.2 Å². The first-order valence-electron chi connectivity index (χ1n) is 19.5. The van der Waals surface area contributed by atoms with Crippen LogP contribution in [-0.2, 0) is 51.2 Å². The summed E-state index contributed by atoms with van der Waals surface area (Å²) < 4.78 is 0. The van der Waals surface area contributed by atoms with Gasteiger partial charge in [0.05, 0.1) is 19.1 Å². The van der Waals surface area contributed by atoms with E-state index in [1.54, 1.807) is 60.9 Å². The number of hydrogen-bond donors (Lipinski definition) is 9. The number of carboxylic acid groups (broad SMARTS) is 1. The highest BCUT2D eigenvalue weighted by atomic mass is 16.4. The molecule has 2 aromatic carbocycles. The molecule has 0 saturated heterocycles. The largest absolute Gasteiger partial charge is 0.480 e. The predicted molar refractivity (Wildman–Crippen MR) is 221 cm³/mol. The van der Waals surface area contributed by atoms with Crippen LogP contribution >= 0.6 is 0 Å². The first kappa shape index (κ1) is 47.7. The maximum atomic E-state index is 13.5. The molecule has 6 atom stereocenters. The number of pyridine rings is 1. The van der Waals surface area contributed by atoms with Gasteiger partial charge in [0.25, 0.3) is 0 Å². The molecule has 7 amide bonds. The number of nitrogens with two attached hydrogens (primary N) is 1. The monoisotopic (exact) mass is 829 g/mol. The molecule has 0 spiro atoms. The number of carbonyl (C=O) groups excluding carboxylic acids is 7. The summed E-state index contributed by atoms with van der Waals surface area (Å²) in [5.74, 6) is -6.17. The van der Waals surface area contributed by atoms with Gasteiger partial charge in [0.15, 0.2) is 0 Å². The highest BCUT2D eigenvalue weighted by Crippen LogP contribution is 2.19. The molecule has 3 rings (SSSR count). The Kier molecular flexibility index (Phi) is 18.8. The van der Waals surface area contributed by atoms with Crippen molar-refractivity contribution in [1.82, 2.24) is 42.2 Å². The van der Waals surface area contributed by atoms with Crippen LogP contribution < -0.4 is 43.0 Å². The van der Waals surface area contributed by atoms with Gasteiger partial charge in [-0.05, 0) is 61.4 Å². The van der Waals surface area contributed by atoms with E-state index in [2.05, 4.69) is 42.2 Å². The maximum Gasteiger partial charge on any atom is 0.326 e. The maximum absolute atomic E-state index is 13.5. The van der Waals surface area contributed by atoms with Gasteiger partial charge in [-0.3, -0.25) is 38.5 Å². The number of aliphatic carboxylic acids is 1. The molecule has 0 aliphatic heterocycles. The van der Waals surface area contributed by atoms with Crippen LogP contribution in [0, 0.1) is 5.92 Å². The van der Waals surface area contributed by atoms with Crippen molar-refractivity contribution in [1.29, 1.82) is 0 Å². The second-order valence-electron chi connectivity index (χ2n) is 14.8. The van der Waals surface area contributed by atoms with Gasteiger partial charge in [-0.25, -0.2) is 4.79 Å². The molecule has 0 saturated carbocycles. The zero-order valence-corrected chi connectivity index (χ0v) is 34.3. The van der Waals surface area contributed by atoms with Crippen molar-refractivity contribution in [3.8, 4) is 11.1 Å². The van der Waals surface area contributed by atoms with Gasteiger partial charge in [-0.1, -0.05) is 74.5 Å². The van der Waals surface area contributed by atoms with Gasteiger partial charge in [0, 0.05) is 25.2 Å². The normalized spacial score (nSPS) is 13.8. The Bertz CT molecular complexity index is 1940. The van der Waals surface area contributed by atoms with Gasteiger partial charge in [-0.2, -0.15) is 0 Å². The SMILES string of the molecule is CC(C)C[C@H](NC(=O)[C@H](Cc1ccccc1)NC(=O)CNC(=O)CNC(=O)[C@H](Cc1ccc(-c2cccnc2)cc1)NC(=O)[C@H](C)NC(=O)[C@H](C)NC(=O)[C@H](C)N)C(=O)O. The van der Waals surface area contributed by atoms with E-state index in [1.807, 2.05) is 32.0 Å². The quantitative estimate of drug-likeness (QED) is 0.0635. The number of nitrogens with zero attached hydrogens (tertiary/aromatic N) is 1. The minimum Gasteiger partial charge on any atom is -0.480 e. The molecule has 18 heteroatoms. The highest BCUT2D eigenvalue weighted by molar-refractivity contribution is 5.96. The number of carboxylic acids is 1. The Labute approximate surface area is 348 Å². The standard InChI is InChI=1S/C42H55N9O9/c1-24(2)18-34(42(59)60)51-41(58)33(19-28-10-7-6-8-11-28)49-36(53)23-45-35(52)22-46-40(57)32(20-29-13-15-30(16-14-29)31-12-9-17-44-21-31)50-39(56)27(5)48-38(55)26(4)47-37(54)25(3)43/h6-17,21,24-27,32-34H,18-20,22-23,43H2,1-5H3,(H,45,52)(H,46,57)(H,47,54)(H,48,55)(H,49,53)(H,50,56)(H,51,58)(H,59,60)/t25-,26-,27-,32-,33-,34-/m0/s1. The van der Waals surface area contributed by atoms with Crippen molar-refractivity contribution in [2.75, 3.05) is 13.1 Å². The molecule has 0 bridgehead atoms. The van der Waals surface area contributed by atoms with E-state index in [-0.39, 0.29) is 25.2 Å². The summed E-state index contributed by atoms with van der Waals surface area (Å²) in [7, 11) is 0.